The van der Waals surface area contributed by atoms with Crippen LogP contribution >= 0.6 is 0 Å². The highest BCUT2D eigenvalue weighted by Crippen LogP contribution is 2.40. The molecular formula is C31H44. The molecule has 0 atom stereocenters. The zero-order valence-corrected chi connectivity index (χ0v) is 21.5. The summed E-state index contributed by atoms with van der Waals surface area (Å²) in [6.07, 6.45) is 16.9. The van der Waals surface area contributed by atoms with Gasteiger partial charge in [0, 0.05) is 0 Å². The molecule has 0 radical (unpaired) electrons. The van der Waals surface area contributed by atoms with Gasteiger partial charge in [-0.1, -0.05) is 103 Å². The zero-order chi connectivity index (χ0) is 23.6. The van der Waals surface area contributed by atoms with Crippen molar-refractivity contribution in [3.63, 3.8) is 0 Å². The topological polar surface area (TPSA) is 0 Å². The Labute approximate surface area is 192 Å². The molecule has 1 aromatic rings. The normalized spacial score (nSPS) is 17.2. The van der Waals surface area contributed by atoms with E-state index < -0.39 is 0 Å². The standard InChI is InChI=1S/C22H32.C9H12/c1-17(2)16-19(4)11-8-10-18(3)13-14-21-20(5)12-9-15-22(21,6)7;1-7-4-5-8(2)9(3)6-7/h8,10-11,13-14,16H,1,9,12,15H2,2-7H3;4-6H,1-3H3/b11-8+,14-13+,18-10+,19-16+;. The largest absolute Gasteiger partial charge is 0.0961 e. The number of aryl methyl sites for hydroxylation is 3. The minimum atomic E-state index is 0.315. The van der Waals surface area contributed by atoms with Crippen LogP contribution in [-0.4, -0.2) is 0 Å². The van der Waals surface area contributed by atoms with E-state index in [1.165, 1.54) is 52.7 Å². The summed E-state index contributed by atoms with van der Waals surface area (Å²) in [7, 11) is 0. The fourth-order valence-electron chi connectivity index (χ4n) is 3.96. The summed E-state index contributed by atoms with van der Waals surface area (Å²) < 4.78 is 0. The number of rotatable bonds is 5. The van der Waals surface area contributed by atoms with Crippen LogP contribution in [0, 0.1) is 26.2 Å². The van der Waals surface area contributed by atoms with Crippen molar-refractivity contribution in [2.45, 2.75) is 81.6 Å². The van der Waals surface area contributed by atoms with Gasteiger partial charge in [-0.2, -0.15) is 0 Å². The van der Waals surface area contributed by atoms with Crippen molar-refractivity contribution in [2.75, 3.05) is 0 Å². The van der Waals surface area contributed by atoms with E-state index in [4.69, 9.17) is 0 Å². The molecule has 0 aliphatic heterocycles. The smallest absolute Gasteiger partial charge is 0.0104 e. The Balaban J connectivity index is 0.000000442. The maximum absolute atomic E-state index is 3.90. The molecule has 0 fully saturated rings. The molecule has 2 rings (SSSR count). The second kappa shape index (κ2) is 12.5. The molecular weight excluding hydrogens is 372 g/mol. The van der Waals surface area contributed by atoms with Crippen molar-refractivity contribution in [1.29, 1.82) is 0 Å². The quantitative estimate of drug-likeness (QED) is 0.419. The highest BCUT2D eigenvalue weighted by atomic mass is 14.3. The van der Waals surface area contributed by atoms with Gasteiger partial charge in [0.15, 0.2) is 0 Å². The number of hydrogen-bond acceptors (Lipinski definition) is 0. The molecule has 0 unspecified atom stereocenters. The SMILES string of the molecule is C=C(C)/C=C(C)/C=C/C=C(C)/C=C/C1=C(C)CCCC1(C)C.Cc1ccc(C)c(C)c1. The van der Waals surface area contributed by atoms with Crippen LogP contribution in [0.3, 0.4) is 0 Å². The minimum Gasteiger partial charge on any atom is -0.0961 e. The number of benzene rings is 1. The summed E-state index contributed by atoms with van der Waals surface area (Å²) in [6.45, 7) is 23.6. The van der Waals surface area contributed by atoms with E-state index in [1.54, 1.807) is 5.57 Å². The summed E-state index contributed by atoms with van der Waals surface area (Å²) in [6, 6.07) is 6.50. The second-order valence-electron chi connectivity index (χ2n) is 9.86. The third kappa shape index (κ3) is 10.0. The molecule has 31 heavy (non-hydrogen) atoms. The van der Waals surface area contributed by atoms with E-state index in [0.29, 0.717) is 5.41 Å². The van der Waals surface area contributed by atoms with E-state index in [2.05, 4.69) is 117 Å². The molecule has 168 valence electrons. The molecule has 0 heteroatoms. The Morgan fingerprint density at radius 2 is 1.61 bits per heavy atom. The predicted molar refractivity (Wildman–Crippen MR) is 142 cm³/mol. The summed E-state index contributed by atoms with van der Waals surface area (Å²) >= 11 is 0. The maximum atomic E-state index is 3.90. The second-order valence-corrected chi connectivity index (χ2v) is 9.86. The first-order valence-electron chi connectivity index (χ1n) is 11.5. The monoisotopic (exact) mass is 416 g/mol. The van der Waals surface area contributed by atoms with Crippen LogP contribution in [0.4, 0.5) is 0 Å². The van der Waals surface area contributed by atoms with Crippen LogP contribution in [0.15, 0.2) is 89.1 Å². The molecule has 1 aliphatic carbocycles. The summed E-state index contributed by atoms with van der Waals surface area (Å²) in [4.78, 5) is 0. The molecule has 0 bridgehead atoms. The molecule has 0 nitrogen and oxygen atoms in total. The third-order valence-corrected chi connectivity index (χ3v) is 5.91. The van der Waals surface area contributed by atoms with Crippen LogP contribution in [0.2, 0.25) is 0 Å². The van der Waals surface area contributed by atoms with Crippen LogP contribution in [0.1, 0.15) is 77.5 Å². The summed E-state index contributed by atoms with van der Waals surface area (Å²) in [5, 5.41) is 0. The van der Waals surface area contributed by atoms with Gasteiger partial charge in [0.25, 0.3) is 0 Å². The Morgan fingerprint density at radius 3 is 2.16 bits per heavy atom. The Kier molecular flexibility index (Phi) is 10.8. The molecule has 0 saturated heterocycles. The van der Waals surface area contributed by atoms with Crippen LogP contribution in [0.5, 0.6) is 0 Å². The van der Waals surface area contributed by atoms with Crippen molar-refractivity contribution in [3.05, 3.63) is 106 Å². The summed E-state index contributed by atoms with van der Waals surface area (Å²) in [5.74, 6) is 0. The minimum absolute atomic E-state index is 0.315. The van der Waals surface area contributed by atoms with Gasteiger partial charge in [0.05, 0.1) is 0 Å². The first kappa shape index (κ1) is 26.7. The third-order valence-electron chi connectivity index (χ3n) is 5.91. The van der Waals surface area contributed by atoms with Gasteiger partial charge in [0.2, 0.25) is 0 Å². The fourth-order valence-corrected chi connectivity index (χ4v) is 3.96. The van der Waals surface area contributed by atoms with Crippen LogP contribution in [0.25, 0.3) is 0 Å². The fraction of sp³-hybridized carbons (Fsp3) is 0.419. The summed E-state index contributed by atoms with van der Waals surface area (Å²) in [5.41, 5.74) is 11.1. The van der Waals surface area contributed by atoms with Gasteiger partial charge >= 0.3 is 0 Å². The van der Waals surface area contributed by atoms with Gasteiger partial charge in [-0.05, 0) is 89.8 Å². The van der Waals surface area contributed by atoms with E-state index in [9.17, 15) is 0 Å². The van der Waals surface area contributed by atoms with Crippen molar-refractivity contribution in [3.8, 4) is 0 Å². The number of allylic oxidation sites excluding steroid dienone is 11. The molecule has 1 aliphatic rings. The number of hydrogen-bond donors (Lipinski definition) is 0. The van der Waals surface area contributed by atoms with E-state index in [-0.39, 0.29) is 0 Å². The lowest BCUT2D eigenvalue weighted by Crippen LogP contribution is -2.19. The van der Waals surface area contributed by atoms with Gasteiger partial charge < -0.3 is 0 Å². The molecule has 0 aromatic heterocycles. The highest BCUT2D eigenvalue weighted by Gasteiger charge is 2.26. The zero-order valence-electron chi connectivity index (χ0n) is 21.5. The molecule has 0 N–H and O–H groups in total. The predicted octanol–water partition coefficient (Wildman–Crippen LogP) is 9.71. The van der Waals surface area contributed by atoms with E-state index in [1.807, 2.05) is 6.92 Å². The first-order chi connectivity index (χ1) is 14.4. The Hall–Kier alpha value is -2.34. The van der Waals surface area contributed by atoms with Gasteiger partial charge in [-0.15, -0.1) is 0 Å². The van der Waals surface area contributed by atoms with Crippen molar-refractivity contribution < 1.29 is 0 Å². The van der Waals surface area contributed by atoms with Crippen molar-refractivity contribution in [1.82, 2.24) is 0 Å². The highest BCUT2D eigenvalue weighted by molar-refractivity contribution is 5.37. The lowest BCUT2D eigenvalue weighted by atomic mass is 9.72. The molecule has 0 saturated carbocycles. The van der Waals surface area contributed by atoms with E-state index in [0.717, 1.165) is 5.57 Å². The van der Waals surface area contributed by atoms with Gasteiger partial charge in [-0.25, -0.2) is 0 Å². The molecule has 1 aromatic carbocycles. The molecule has 0 amide bonds. The van der Waals surface area contributed by atoms with Crippen molar-refractivity contribution >= 4 is 0 Å². The van der Waals surface area contributed by atoms with Gasteiger partial charge in [0.1, 0.15) is 0 Å². The average Bonchev–Trinajstić information content (AvgIpc) is 2.64. The van der Waals surface area contributed by atoms with E-state index >= 15 is 0 Å². The Morgan fingerprint density at radius 1 is 0.935 bits per heavy atom. The lowest BCUT2D eigenvalue weighted by Gasteiger charge is -2.32. The van der Waals surface area contributed by atoms with Crippen LogP contribution in [-0.2, 0) is 0 Å². The average molecular weight is 417 g/mol. The maximum Gasteiger partial charge on any atom is -0.0104 e. The lowest BCUT2D eigenvalue weighted by molar-refractivity contribution is 0.377. The molecule has 0 spiro atoms. The molecule has 0 heterocycles. The first-order valence-corrected chi connectivity index (χ1v) is 11.5. The van der Waals surface area contributed by atoms with Crippen LogP contribution < -0.4 is 0 Å². The van der Waals surface area contributed by atoms with Crippen molar-refractivity contribution in [2.24, 2.45) is 5.41 Å². The van der Waals surface area contributed by atoms with Gasteiger partial charge in [-0.3, -0.25) is 0 Å². The Bertz CT molecular complexity index is 907.